The Kier molecular flexibility index (Phi) is 6.08. The summed E-state index contributed by atoms with van der Waals surface area (Å²) >= 11 is 1.65. The maximum atomic E-state index is 11.4. The molecule has 1 rings (SSSR count). The van der Waals surface area contributed by atoms with Crippen LogP contribution in [0.1, 0.15) is 25.8 Å². The Morgan fingerprint density at radius 2 is 2.00 bits per heavy atom. The van der Waals surface area contributed by atoms with Gasteiger partial charge in [0.1, 0.15) is 0 Å². The van der Waals surface area contributed by atoms with Crippen LogP contribution in [0.25, 0.3) is 0 Å². The predicted molar refractivity (Wildman–Crippen MR) is 71.0 cm³/mol. The van der Waals surface area contributed by atoms with Crippen molar-refractivity contribution in [1.82, 2.24) is 5.32 Å². The number of carbonyl (C=O) groups is 1. The molecule has 0 heterocycles. The van der Waals surface area contributed by atoms with Crippen LogP contribution in [0.4, 0.5) is 0 Å². The van der Waals surface area contributed by atoms with Crippen LogP contribution in [-0.2, 0) is 11.4 Å². The van der Waals surface area contributed by atoms with Crippen LogP contribution >= 0.6 is 11.8 Å². The zero-order chi connectivity index (χ0) is 12.7. The maximum Gasteiger partial charge on any atom is 0.221 e. The van der Waals surface area contributed by atoms with Crippen molar-refractivity contribution in [3.05, 3.63) is 29.8 Å². The Bertz CT molecular complexity index is 349. The number of benzene rings is 1. The lowest BCUT2D eigenvalue weighted by atomic mass is 10.2. The average Bonchev–Trinajstić information content (AvgIpc) is 2.29. The van der Waals surface area contributed by atoms with Gasteiger partial charge in [0.25, 0.3) is 0 Å². The zero-order valence-electron chi connectivity index (χ0n) is 10.3. The highest BCUT2D eigenvalue weighted by Gasteiger charge is 2.03. The first-order valence-electron chi connectivity index (χ1n) is 5.74. The Labute approximate surface area is 107 Å². The SMILES string of the molecule is CC(C)NC(=O)CCSc1ccc(CO)cc1. The Morgan fingerprint density at radius 1 is 1.35 bits per heavy atom. The van der Waals surface area contributed by atoms with Crippen molar-refractivity contribution < 1.29 is 9.90 Å². The summed E-state index contributed by atoms with van der Waals surface area (Å²) < 4.78 is 0. The lowest BCUT2D eigenvalue weighted by Crippen LogP contribution is -2.30. The second-order valence-electron chi connectivity index (χ2n) is 4.12. The minimum Gasteiger partial charge on any atom is -0.392 e. The number of aliphatic hydroxyl groups excluding tert-OH is 1. The molecule has 0 aromatic heterocycles. The molecule has 0 spiro atoms. The zero-order valence-corrected chi connectivity index (χ0v) is 11.1. The van der Waals surface area contributed by atoms with Gasteiger partial charge >= 0.3 is 0 Å². The number of amides is 1. The number of thioether (sulfide) groups is 1. The maximum absolute atomic E-state index is 11.4. The summed E-state index contributed by atoms with van der Waals surface area (Å²) in [5.74, 6) is 0.872. The summed E-state index contributed by atoms with van der Waals surface area (Å²) in [6, 6.07) is 7.94. The van der Waals surface area contributed by atoms with Crippen molar-refractivity contribution in [2.75, 3.05) is 5.75 Å². The summed E-state index contributed by atoms with van der Waals surface area (Å²) in [5, 5.41) is 11.8. The average molecular weight is 253 g/mol. The third-order valence-corrected chi connectivity index (χ3v) is 3.17. The second-order valence-corrected chi connectivity index (χ2v) is 5.29. The highest BCUT2D eigenvalue weighted by Crippen LogP contribution is 2.19. The molecule has 0 saturated heterocycles. The van der Waals surface area contributed by atoms with Crippen molar-refractivity contribution in [2.24, 2.45) is 0 Å². The molecule has 3 nitrogen and oxygen atoms in total. The molecular formula is C13H19NO2S. The Hall–Kier alpha value is -1.00. The van der Waals surface area contributed by atoms with E-state index in [0.29, 0.717) is 6.42 Å². The summed E-state index contributed by atoms with van der Waals surface area (Å²) in [7, 11) is 0. The molecule has 0 fully saturated rings. The van der Waals surface area contributed by atoms with Gasteiger partial charge in [-0.05, 0) is 31.5 Å². The summed E-state index contributed by atoms with van der Waals surface area (Å²) in [4.78, 5) is 12.5. The van der Waals surface area contributed by atoms with Gasteiger partial charge in [0, 0.05) is 23.1 Å². The number of carbonyl (C=O) groups excluding carboxylic acids is 1. The molecule has 1 aromatic carbocycles. The summed E-state index contributed by atoms with van der Waals surface area (Å²) in [6.07, 6.45) is 0.532. The molecule has 0 aliphatic heterocycles. The minimum absolute atomic E-state index is 0.0712. The van der Waals surface area contributed by atoms with Crippen LogP contribution in [-0.4, -0.2) is 22.8 Å². The highest BCUT2D eigenvalue weighted by atomic mass is 32.2. The first-order chi connectivity index (χ1) is 8.11. The van der Waals surface area contributed by atoms with Gasteiger partial charge in [-0.2, -0.15) is 0 Å². The number of aliphatic hydroxyl groups is 1. The van der Waals surface area contributed by atoms with E-state index in [1.165, 1.54) is 0 Å². The van der Waals surface area contributed by atoms with Gasteiger partial charge < -0.3 is 10.4 Å². The topological polar surface area (TPSA) is 49.3 Å². The fraction of sp³-hybridized carbons (Fsp3) is 0.462. The molecule has 0 radical (unpaired) electrons. The van der Waals surface area contributed by atoms with E-state index < -0.39 is 0 Å². The van der Waals surface area contributed by atoms with Gasteiger partial charge in [-0.1, -0.05) is 12.1 Å². The van der Waals surface area contributed by atoms with E-state index in [9.17, 15) is 4.79 Å². The van der Waals surface area contributed by atoms with E-state index in [2.05, 4.69) is 5.32 Å². The second kappa shape index (κ2) is 7.35. The predicted octanol–water partition coefficient (Wildman–Crippen LogP) is 2.19. The third-order valence-electron chi connectivity index (χ3n) is 2.15. The number of hydrogen-bond acceptors (Lipinski definition) is 3. The van der Waals surface area contributed by atoms with Gasteiger partial charge in [-0.3, -0.25) is 4.79 Å². The van der Waals surface area contributed by atoms with Gasteiger partial charge in [-0.25, -0.2) is 0 Å². The van der Waals surface area contributed by atoms with Gasteiger partial charge in [0.2, 0.25) is 5.91 Å². The van der Waals surface area contributed by atoms with Gasteiger partial charge in [-0.15, -0.1) is 11.8 Å². The monoisotopic (exact) mass is 253 g/mol. The Morgan fingerprint density at radius 3 is 2.53 bits per heavy atom. The van der Waals surface area contributed by atoms with Crippen molar-refractivity contribution >= 4 is 17.7 Å². The fourth-order valence-corrected chi connectivity index (χ4v) is 2.20. The number of rotatable bonds is 6. The molecule has 0 bridgehead atoms. The van der Waals surface area contributed by atoms with Crippen molar-refractivity contribution in [2.45, 2.75) is 37.8 Å². The highest BCUT2D eigenvalue weighted by molar-refractivity contribution is 7.99. The van der Waals surface area contributed by atoms with Crippen LogP contribution in [0.2, 0.25) is 0 Å². The van der Waals surface area contributed by atoms with Crippen LogP contribution in [0.5, 0.6) is 0 Å². The van der Waals surface area contributed by atoms with E-state index in [-0.39, 0.29) is 18.6 Å². The molecule has 17 heavy (non-hydrogen) atoms. The molecule has 2 N–H and O–H groups in total. The largest absolute Gasteiger partial charge is 0.392 e. The van der Waals surface area contributed by atoms with Crippen LogP contribution in [0.15, 0.2) is 29.2 Å². The molecule has 0 atom stereocenters. The molecular weight excluding hydrogens is 234 g/mol. The molecule has 0 saturated carbocycles. The van der Waals surface area contributed by atoms with E-state index in [0.717, 1.165) is 16.2 Å². The van der Waals surface area contributed by atoms with Gasteiger partial charge in [0.05, 0.1) is 6.61 Å². The minimum atomic E-state index is 0.0712. The molecule has 0 aliphatic rings. The Balaban J connectivity index is 2.28. The van der Waals surface area contributed by atoms with Crippen LogP contribution in [0, 0.1) is 0 Å². The summed E-state index contributed by atoms with van der Waals surface area (Å²) in [6.45, 7) is 3.99. The first kappa shape index (κ1) is 14.1. The normalized spacial score (nSPS) is 10.6. The smallest absolute Gasteiger partial charge is 0.221 e. The lowest BCUT2D eigenvalue weighted by molar-refractivity contribution is -0.121. The van der Waals surface area contributed by atoms with Gasteiger partial charge in [0.15, 0.2) is 0 Å². The van der Waals surface area contributed by atoms with Crippen LogP contribution in [0.3, 0.4) is 0 Å². The van der Waals surface area contributed by atoms with Crippen molar-refractivity contribution in [3.8, 4) is 0 Å². The van der Waals surface area contributed by atoms with E-state index in [1.54, 1.807) is 11.8 Å². The van der Waals surface area contributed by atoms with E-state index in [1.807, 2.05) is 38.1 Å². The number of nitrogens with one attached hydrogen (secondary N) is 1. The molecule has 4 heteroatoms. The van der Waals surface area contributed by atoms with Crippen LogP contribution < -0.4 is 5.32 Å². The fourth-order valence-electron chi connectivity index (χ4n) is 1.35. The number of hydrogen-bond donors (Lipinski definition) is 2. The molecule has 0 unspecified atom stereocenters. The first-order valence-corrected chi connectivity index (χ1v) is 6.72. The molecule has 0 aliphatic carbocycles. The van der Waals surface area contributed by atoms with E-state index in [4.69, 9.17) is 5.11 Å². The lowest BCUT2D eigenvalue weighted by Gasteiger charge is -2.07. The molecule has 1 amide bonds. The van der Waals surface area contributed by atoms with Crippen molar-refractivity contribution in [3.63, 3.8) is 0 Å². The molecule has 94 valence electrons. The van der Waals surface area contributed by atoms with E-state index >= 15 is 0 Å². The standard InChI is InChI=1S/C13H19NO2S/c1-10(2)14-13(16)7-8-17-12-5-3-11(9-15)4-6-12/h3-6,10,15H,7-9H2,1-2H3,(H,14,16). The molecule has 1 aromatic rings. The summed E-state index contributed by atoms with van der Waals surface area (Å²) in [5.41, 5.74) is 0.909. The third kappa shape index (κ3) is 5.75. The quantitative estimate of drug-likeness (QED) is 0.764. The van der Waals surface area contributed by atoms with Crippen molar-refractivity contribution in [1.29, 1.82) is 0 Å².